The maximum Gasteiger partial charge on any atom is 0.398 e. The van der Waals surface area contributed by atoms with Crippen molar-refractivity contribution in [3.8, 4) is 11.3 Å². The molecule has 1 fully saturated rings. The second-order valence-electron chi connectivity index (χ2n) is 7.25. The molecule has 146 valence electrons. The van der Waals surface area contributed by atoms with E-state index < -0.39 is 17.6 Å². The van der Waals surface area contributed by atoms with Crippen molar-refractivity contribution in [1.29, 1.82) is 0 Å². The third-order valence-electron chi connectivity index (χ3n) is 5.57. The zero-order valence-corrected chi connectivity index (χ0v) is 14.9. The van der Waals surface area contributed by atoms with E-state index in [1.165, 1.54) is 24.3 Å². The van der Waals surface area contributed by atoms with E-state index in [2.05, 4.69) is 9.97 Å². The summed E-state index contributed by atoms with van der Waals surface area (Å²) in [6, 6.07) is 10.8. The van der Waals surface area contributed by atoms with Crippen LogP contribution in [0, 0.1) is 0 Å². The average Bonchev–Trinajstić information content (AvgIpc) is 3.38. The van der Waals surface area contributed by atoms with Crippen LogP contribution < -0.4 is 0 Å². The van der Waals surface area contributed by atoms with Crippen molar-refractivity contribution < 1.29 is 23.1 Å². The number of rotatable bonds is 3. The standard InChI is InChI=1S/C21H14F3N3O2/c22-21(23,24)20(7-8-20)14-4-1-12(2-5-14)17-18-25-9-10-27(18)16-6-3-13(19(28)29)11-15(16)26-17/h1-6,9-11H,7-8H2,(H,28,29). The van der Waals surface area contributed by atoms with E-state index in [0.29, 0.717) is 27.9 Å². The van der Waals surface area contributed by atoms with Gasteiger partial charge < -0.3 is 5.11 Å². The van der Waals surface area contributed by atoms with Gasteiger partial charge in [0.1, 0.15) is 5.69 Å². The summed E-state index contributed by atoms with van der Waals surface area (Å²) in [6.45, 7) is 0. The molecule has 2 heterocycles. The molecule has 2 aromatic carbocycles. The molecule has 0 amide bonds. The van der Waals surface area contributed by atoms with Gasteiger partial charge in [0.05, 0.1) is 22.0 Å². The molecule has 0 atom stereocenters. The van der Waals surface area contributed by atoms with Gasteiger partial charge in [0.2, 0.25) is 0 Å². The van der Waals surface area contributed by atoms with E-state index >= 15 is 0 Å². The van der Waals surface area contributed by atoms with Gasteiger partial charge >= 0.3 is 12.1 Å². The van der Waals surface area contributed by atoms with Crippen molar-refractivity contribution in [3.63, 3.8) is 0 Å². The Morgan fingerprint density at radius 1 is 1.10 bits per heavy atom. The molecule has 0 radical (unpaired) electrons. The maximum absolute atomic E-state index is 13.4. The van der Waals surface area contributed by atoms with Crippen LogP contribution in [0.15, 0.2) is 54.9 Å². The number of benzene rings is 2. The highest BCUT2D eigenvalue weighted by Gasteiger charge is 2.64. The Morgan fingerprint density at radius 2 is 1.83 bits per heavy atom. The fraction of sp³-hybridized carbons (Fsp3) is 0.190. The second-order valence-corrected chi connectivity index (χ2v) is 7.25. The van der Waals surface area contributed by atoms with Gasteiger partial charge in [0, 0.05) is 18.0 Å². The first-order chi connectivity index (χ1) is 13.8. The number of fused-ring (bicyclic) bond motifs is 3. The predicted octanol–water partition coefficient (Wildman–Crippen LogP) is 4.84. The first-order valence-corrected chi connectivity index (χ1v) is 8.98. The molecule has 29 heavy (non-hydrogen) atoms. The molecule has 0 unspecified atom stereocenters. The number of nitrogens with zero attached hydrogens (tertiary/aromatic N) is 3. The van der Waals surface area contributed by atoms with Gasteiger partial charge in [0.25, 0.3) is 0 Å². The lowest BCUT2D eigenvalue weighted by Gasteiger charge is -2.19. The fourth-order valence-corrected chi connectivity index (χ4v) is 3.79. The Labute approximate surface area is 162 Å². The van der Waals surface area contributed by atoms with E-state index in [1.807, 2.05) is 0 Å². The lowest BCUT2D eigenvalue weighted by atomic mass is 9.94. The van der Waals surface area contributed by atoms with Crippen molar-refractivity contribution in [2.75, 3.05) is 0 Å². The third kappa shape index (κ3) is 2.59. The van der Waals surface area contributed by atoms with Crippen LogP contribution in [0.4, 0.5) is 13.2 Å². The zero-order chi connectivity index (χ0) is 20.4. The number of imidazole rings is 1. The van der Waals surface area contributed by atoms with E-state index in [4.69, 9.17) is 0 Å². The van der Waals surface area contributed by atoms with Crippen molar-refractivity contribution in [1.82, 2.24) is 14.4 Å². The van der Waals surface area contributed by atoms with Crippen molar-refractivity contribution >= 4 is 22.6 Å². The van der Waals surface area contributed by atoms with E-state index in [-0.39, 0.29) is 24.0 Å². The molecule has 0 bridgehead atoms. The fourth-order valence-electron chi connectivity index (χ4n) is 3.79. The maximum atomic E-state index is 13.4. The van der Waals surface area contributed by atoms with Gasteiger partial charge in [-0.2, -0.15) is 13.2 Å². The number of aromatic nitrogens is 3. The minimum absolute atomic E-state index is 0.103. The van der Waals surface area contributed by atoms with Crippen molar-refractivity contribution in [3.05, 3.63) is 66.0 Å². The molecule has 0 saturated heterocycles. The summed E-state index contributed by atoms with van der Waals surface area (Å²) in [7, 11) is 0. The van der Waals surface area contributed by atoms with Crippen LogP contribution in [0.1, 0.15) is 28.8 Å². The van der Waals surface area contributed by atoms with Crippen LogP contribution in [0.2, 0.25) is 0 Å². The van der Waals surface area contributed by atoms with Crippen molar-refractivity contribution in [2.45, 2.75) is 24.4 Å². The Hall–Kier alpha value is -3.42. The number of halogens is 3. The van der Waals surface area contributed by atoms with Crippen LogP contribution in [-0.2, 0) is 5.41 Å². The first kappa shape index (κ1) is 17.7. The van der Waals surface area contributed by atoms with Crippen LogP contribution in [0.3, 0.4) is 0 Å². The summed E-state index contributed by atoms with van der Waals surface area (Å²) >= 11 is 0. The van der Waals surface area contributed by atoms with Crippen LogP contribution in [0.5, 0.6) is 0 Å². The monoisotopic (exact) mass is 397 g/mol. The molecule has 5 nitrogen and oxygen atoms in total. The highest BCUT2D eigenvalue weighted by molar-refractivity contribution is 5.94. The molecule has 1 aliphatic carbocycles. The summed E-state index contributed by atoms with van der Waals surface area (Å²) in [6.07, 6.45) is -0.721. The number of alkyl halides is 3. The van der Waals surface area contributed by atoms with Gasteiger partial charge in [-0.1, -0.05) is 24.3 Å². The molecule has 2 aromatic heterocycles. The lowest BCUT2D eigenvalue weighted by Crippen LogP contribution is -2.28. The van der Waals surface area contributed by atoms with Crippen LogP contribution >= 0.6 is 0 Å². The van der Waals surface area contributed by atoms with E-state index in [1.54, 1.807) is 35.0 Å². The van der Waals surface area contributed by atoms with E-state index in [0.717, 1.165) is 0 Å². The predicted molar refractivity (Wildman–Crippen MR) is 99.9 cm³/mol. The number of aromatic carboxylic acids is 1. The zero-order valence-electron chi connectivity index (χ0n) is 14.9. The Bertz CT molecular complexity index is 1270. The average molecular weight is 397 g/mol. The van der Waals surface area contributed by atoms with Crippen LogP contribution in [0.25, 0.3) is 27.9 Å². The summed E-state index contributed by atoms with van der Waals surface area (Å²) in [5.41, 5.74) is 1.42. The summed E-state index contributed by atoms with van der Waals surface area (Å²) in [5.74, 6) is -1.06. The number of carbonyl (C=O) groups is 1. The van der Waals surface area contributed by atoms with Gasteiger partial charge in [-0.05, 0) is 36.6 Å². The molecule has 1 saturated carbocycles. The lowest BCUT2D eigenvalue weighted by molar-refractivity contribution is -0.160. The molecular formula is C21H14F3N3O2. The number of carboxylic acid groups (broad SMARTS) is 1. The van der Waals surface area contributed by atoms with Gasteiger partial charge in [-0.3, -0.25) is 4.40 Å². The molecule has 4 aromatic rings. The number of carboxylic acids is 1. The molecule has 0 aliphatic heterocycles. The number of hydrogen-bond donors (Lipinski definition) is 1. The molecule has 5 rings (SSSR count). The molecular weight excluding hydrogens is 383 g/mol. The minimum Gasteiger partial charge on any atom is -0.478 e. The van der Waals surface area contributed by atoms with Crippen molar-refractivity contribution in [2.24, 2.45) is 0 Å². The Kier molecular flexibility index (Phi) is 3.53. The Morgan fingerprint density at radius 3 is 2.45 bits per heavy atom. The Balaban J connectivity index is 1.66. The quantitative estimate of drug-likeness (QED) is 0.537. The first-order valence-electron chi connectivity index (χ1n) is 8.98. The highest BCUT2D eigenvalue weighted by atomic mass is 19.4. The smallest absolute Gasteiger partial charge is 0.398 e. The third-order valence-corrected chi connectivity index (χ3v) is 5.57. The highest BCUT2D eigenvalue weighted by Crippen LogP contribution is 2.58. The molecule has 1 aliphatic rings. The largest absolute Gasteiger partial charge is 0.478 e. The molecule has 0 spiro atoms. The number of hydrogen-bond acceptors (Lipinski definition) is 3. The topological polar surface area (TPSA) is 67.5 Å². The van der Waals surface area contributed by atoms with Gasteiger partial charge in [-0.15, -0.1) is 0 Å². The summed E-state index contributed by atoms with van der Waals surface area (Å²) < 4.78 is 41.9. The minimum atomic E-state index is -4.26. The molecule has 1 N–H and O–H groups in total. The summed E-state index contributed by atoms with van der Waals surface area (Å²) in [5, 5.41) is 9.24. The SMILES string of the molecule is O=C(O)c1ccc2c(c1)nc(-c1ccc(C3(C(F)(F)F)CC3)cc1)c1nccn12. The van der Waals surface area contributed by atoms with Gasteiger partial charge in [-0.25, -0.2) is 14.8 Å². The normalized spacial score (nSPS) is 15.7. The second kappa shape index (κ2) is 5.79. The summed E-state index contributed by atoms with van der Waals surface area (Å²) in [4.78, 5) is 20.2. The van der Waals surface area contributed by atoms with E-state index in [9.17, 15) is 23.1 Å². The van der Waals surface area contributed by atoms with Crippen LogP contribution in [-0.4, -0.2) is 31.6 Å². The molecule has 8 heteroatoms. The van der Waals surface area contributed by atoms with Gasteiger partial charge in [0.15, 0.2) is 5.65 Å².